The van der Waals surface area contributed by atoms with Crippen LogP contribution in [0.25, 0.3) is 0 Å². The number of carbonyl (C=O) groups is 3. The van der Waals surface area contributed by atoms with Crippen LogP contribution in [0.2, 0.25) is 0 Å². The van der Waals surface area contributed by atoms with E-state index in [1.807, 2.05) is 24.3 Å². The molecular formula is C16H19IN4O3. The summed E-state index contributed by atoms with van der Waals surface area (Å²) in [4.78, 5) is 36.7. The van der Waals surface area contributed by atoms with Crippen LogP contribution in [0, 0.1) is 3.57 Å². The summed E-state index contributed by atoms with van der Waals surface area (Å²) in [5.41, 5.74) is 2.41. The van der Waals surface area contributed by atoms with E-state index < -0.39 is 17.5 Å². The summed E-state index contributed by atoms with van der Waals surface area (Å²) >= 11 is 2.17. The normalized spacial score (nSPS) is 19.3. The molecule has 0 bridgehead atoms. The second kappa shape index (κ2) is 6.96. The van der Waals surface area contributed by atoms with Gasteiger partial charge in [-0.25, -0.2) is 4.79 Å². The lowest BCUT2D eigenvalue weighted by atomic mass is 9.82. The van der Waals surface area contributed by atoms with Gasteiger partial charge in [0, 0.05) is 9.26 Å². The third-order valence-corrected chi connectivity index (χ3v) is 5.36. The summed E-state index contributed by atoms with van der Waals surface area (Å²) in [6, 6.07) is 7.01. The first-order chi connectivity index (χ1) is 11.5. The van der Waals surface area contributed by atoms with Crippen LogP contribution in [0.5, 0.6) is 0 Å². The lowest BCUT2D eigenvalue weighted by Gasteiger charge is -2.30. The lowest BCUT2D eigenvalue weighted by Crippen LogP contribution is -2.51. The third kappa shape index (κ3) is 3.33. The summed E-state index contributed by atoms with van der Waals surface area (Å²) in [6.07, 6.45) is 4.13. The molecule has 1 aliphatic carbocycles. The highest BCUT2D eigenvalue weighted by atomic mass is 127. The van der Waals surface area contributed by atoms with Crippen molar-refractivity contribution in [1.29, 1.82) is 0 Å². The van der Waals surface area contributed by atoms with Crippen molar-refractivity contribution in [3.05, 3.63) is 27.8 Å². The van der Waals surface area contributed by atoms with Crippen LogP contribution < -0.4 is 16.1 Å². The first-order valence-corrected chi connectivity index (χ1v) is 9.04. The van der Waals surface area contributed by atoms with Crippen molar-refractivity contribution in [1.82, 2.24) is 15.8 Å². The molecule has 1 spiro atoms. The standard InChI is InChI=1S/C16H19IN4O3/c17-11-6-2-3-7-12(11)18-10-13(22)20-21-14(23)16(19-15(21)24)8-4-1-5-9-16/h2-3,6-7,18H,1,4-5,8-10H2,(H,19,24)(H,20,22). The topological polar surface area (TPSA) is 90.5 Å². The molecule has 1 saturated heterocycles. The van der Waals surface area contributed by atoms with Gasteiger partial charge in [0.2, 0.25) is 0 Å². The van der Waals surface area contributed by atoms with Crippen LogP contribution in [-0.2, 0) is 9.59 Å². The van der Waals surface area contributed by atoms with E-state index in [1.54, 1.807) is 0 Å². The largest absolute Gasteiger partial charge is 0.375 e. The Morgan fingerprint density at radius 3 is 2.62 bits per heavy atom. The van der Waals surface area contributed by atoms with Crippen LogP contribution in [0.1, 0.15) is 32.1 Å². The number of imide groups is 1. The number of benzene rings is 1. The molecule has 2 aliphatic rings. The first-order valence-electron chi connectivity index (χ1n) is 7.96. The molecule has 128 valence electrons. The van der Waals surface area contributed by atoms with Gasteiger partial charge in [-0.2, -0.15) is 5.01 Å². The number of urea groups is 1. The van der Waals surface area contributed by atoms with Gasteiger partial charge in [0.05, 0.1) is 6.54 Å². The van der Waals surface area contributed by atoms with Crippen molar-refractivity contribution < 1.29 is 14.4 Å². The average Bonchev–Trinajstić information content (AvgIpc) is 2.79. The van der Waals surface area contributed by atoms with Gasteiger partial charge < -0.3 is 10.6 Å². The van der Waals surface area contributed by atoms with Crippen molar-refractivity contribution in [3.63, 3.8) is 0 Å². The van der Waals surface area contributed by atoms with Gasteiger partial charge in [-0.05, 0) is 47.6 Å². The molecule has 7 nitrogen and oxygen atoms in total. The van der Waals surface area contributed by atoms with E-state index in [-0.39, 0.29) is 12.5 Å². The van der Waals surface area contributed by atoms with Gasteiger partial charge in [-0.3, -0.25) is 15.0 Å². The lowest BCUT2D eigenvalue weighted by molar-refractivity contribution is -0.139. The van der Waals surface area contributed by atoms with Crippen LogP contribution in [0.15, 0.2) is 24.3 Å². The fourth-order valence-corrected chi connectivity index (χ4v) is 3.74. The van der Waals surface area contributed by atoms with Crippen molar-refractivity contribution in [3.8, 4) is 0 Å². The smallest absolute Gasteiger partial charge is 0.344 e. The predicted octanol–water partition coefficient (Wildman–Crippen LogP) is 1.99. The molecule has 4 amide bonds. The Hall–Kier alpha value is -1.84. The molecule has 3 N–H and O–H groups in total. The Kier molecular flexibility index (Phi) is 4.93. The highest BCUT2D eigenvalue weighted by Gasteiger charge is 2.52. The molecule has 2 fully saturated rings. The molecule has 24 heavy (non-hydrogen) atoms. The zero-order chi connectivity index (χ0) is 17.2. The van der Waals surface area contributed by atoms with Crippen molar-refractivity contribution in [2.45, 2.75) is 37.6 Å². The van der Waals surface area contributed by atoms with Crippen molar-refractivity contribution in [2.75, 3.05) is 11.9 Å². The molecule has 1 aliphatic heterocycles. The van der Waals surface area contributed by atoms with E-state index in [0.717, 1.165) is 33.5 Å². The fourth-order valence-electron chi connectivity index (χ4n) is 3.16. The molecule has 1 saturated carbocycles. The van der Waals surface area contributed by atoms with Crippen LogP contribution in [0.3, 0.4) is 0 Å². The number of para-hydroxylation sites is 1. The number of hydrogen-bond donors (Lipinski definition) is 3. The van der Waals surface area contributed by atoms with Gasteiger partial charge in [0.15, 0.2) is 0 Å². The summed E-state index contributed by atoms with van der Waals surface area (Å²) in [5.74, 6) is -0.791. The van der Waals surface area contributed by atoms with Gasteiger partial charge in [-0.15, -0.1) is 0 Å². The molecule has 1 aromatic carbocycles. The zero-order valence-corrected chi connectivity index (χ0v) is 15.3. The van der Waals surface area contributed by atoms with E-state index in [9.17, 15) is 14.4 Å². The molecule has 0 radical (unpaired) electrons. The molecule has 0 aromatic heterocycles. The quantitative estimate of drug-likeness (QED) is 0.492. The predicted molar refractivity (Wildman–Crippen MR) is 97.0 cm³/mol. The number of rotatable bonds is 4. The van der Waals surface area contributed by atoms with E-state index in [1.165, 1.54) is 0 Å². The Bertz CT molecular complexity index is 673. The van der Waals surface area contributed by atoms with Gasteiger partial charge in [-0.1, -0.05) is 31.4 Å². The summed E-state index contributed by atoms with van der Waals surface area (Å²) in [7, 11) is 0. The van der Waals surface area contributed by atoms with Crippen LogP contribution in [-0.4, -0.2) is 34.9 Å². The van der Waals surface area contributed by atoms with Crippen molar-refractivity contribution >= 4 is 46.1 Å². The monoisotopic (exact) mass is 442 g/mol. The molecule has 1 aromatic rings. The SMILES string of the molecule is O=C(CNc1ccccc1I)NN1C(=O)NC2(CCCCC2)C1=O. The molecule has 1 heterocycles. The summed E-state index contributed by atoms with van der Waals surface area (Å²) in [6.45, 7) is -0.0237. The Morgan fingerprint density at radius 2 is 1.92 bits per heavy atom. The molecule has 8 heteroatoms. The van der Waals surface area contributed by atoms with E-state index >= 15 is 0 Å². The van der Waals surface area contributed by atoms with E-state index in [2.05, 4.69) is 38.7 Å². The summed E-state index contributed by atoms with van der Waals surface area (Å²) < 4.78 is 0.985. The maximum Gasteiger partial charge on any atom is 0.344 e. The minimum absolute atomic E-state index is 0.0237. The number of hydrazine groups is 1. The van der Waals surface area contributed by atoms with Crippen LogP contribution in [0.4, 0.5) is 10.5 Å². The minimum Gasteiger partial charge on any atom is -0.375 e. The van der Waals surface area contributed by atoms with E-state index in [4.69, 9.17) is 0 Å². The first kappa shape index (κ1) is 17.0. The Balaban J connectivity index is 1.59. The minimum atomic E-state index is -0.829. The molecule has 3 rings (SSSR count). The van der Waals surface area contributed by atoms with Gasteiger partial charge >= 0.3 is 6.03 Å². The average molecular weight is 442 g/mol. The highest BCUT2D eigenvalue weighted by molar-refractivity contribution is 14.1. The highest BCUT2D eigenvalue weighted by Crippen LogP contribution is 2.32. The Morgan fingerprint density at radius 1 is 1.21 bits per heavy atom. The van der Waals surface area contributed by atoms with Gasteiger partial charge in [0.25, 0.3) is 11.8 Å². The number of amides is 4. The number of carbonyl (C=O) groups excluding carboxylic acids is 3. The van der Waals surface area contributed by atoms with Crippen LogP contribution >= 0.6 is 22.6 Å². The number of anilines is 1. The fraction of sp³-hybridized carbons (Fsp3) is 0.438. The second-order valence-electron chi connectivity index (χ2n) is 6.08. The number of nitrogens with zero attached hydrogens (tertiary/aromatic N) is 1. The number of halogens is 1. The Labute approximate surface area is 153 Å². The van der Waals surface area contributed by atoms with E-state index in [0.29, 0.717) is 12.8 Å². The van der Waals surface area contributed by atoms with Crippen molar-refractivity contribution in [2.24, 2.45) is 0 Å². The molecule has 0 unspecified atom stereocenters. The third-order valence-electron chi connectivity index (χ3n) is 4.42. The van der Waals surface area contributed by atoms with Gasteiger partial charge in [0.1, 0.15) is 5.54 Å². The number of nitrogens with one attached hydrogen (secondary N) is 3. The summed E-state index contributed by atoms with van der Waals surface area (Å²) in [5, 5.41) is 6.58. The maximum absolute atomic E-state index is 12.6. The maximum atomic E-state index is 12.6. The second-order valence-corrected chi connectivity index (χ2v) is 7.24. The molecule has 0 atom stereocenters. The zero-order valence-electron chi connectivity index (χ0n) is 13.1. The molecular weight excluding hydrogens is 423 g/mol. The number of hydrogen-bond acceptors (Lipinski definition) is 4.